The van der Waals surface area contributed by atoms with Crippen LogP contribution in [0.1, 0.15) is 30.1 Å². The minimum Gasteiger partial charge on any atom is -0.341 e. The maximum atomic E-state index is 13.3. The van der Waals surface area contributed by atoms with Gasteiger partial charge in [-0.1, -0.05) is 60.3 Å². The van der Waals surface area contributed by atoms with Gasteiger partial charge in [0.2, 0.25) is 5.91 Å². The fourth-order valence-corrected chi connectivity index (χ4v) is 4.53. The van der Waals surface area contributed by atoms with Crippen LogP contribution in [0.4, 0.5) is 0 Å². The summed E-state index contributed by atoms with van der Waals surface area (Å²) >= 11 is 1.53. The minimum atomic E-state index is -0.285. The topological polar surface area (TPSA) is 46.1 Å². The van der Waals surface area contributed by atoms with Crippen molar-refractivity contribution in [3.8, 4) is 0 Å². The van der Waals surface area contributed by atoms with E-state index in [1.165, 1.54) is 18.2 Å². The van der Waals surface area contributed by atoms with E-state index in [1.807, 2.05) is 59.5 Å². The summed E-state index contributed by atoms with van der Waals surface area (Å²) in [5.74, 6) is 0.184. The highest BCUT2D eigenvalue weighted by Crippen LogP contribution is 2.38. The fraction of sp³-hybridized carbons (Fsp3) is 0.286. The molecule has 4 nitrogen and oxygen atoms in total. The van der Waals surface area contributed by atoms with Crippen LogP contribution in [0.15, 0.2) is 66.0 Å². The van der Waals surface area contributed by atoms with Crippen molar-refractivity contribution in [3.05, 3.63) is 66.5 Å². The molecule has 1 aromatic heterocycles. The van der Waals surface area contributed by atoms with E-state index in [0.717, 1.165) is 47.4 Å². The second kappa shape index (κ2) is 7.87. The van der Waals surface area contributed by atoms with Crippen molar-refractivity contribution >= 4 is 28.6 Å². The number of likely N-dealkylation sites (tertiary alicyclic amines) is 1. The molecule has 1 amide bonds. The number of para-hydroxylation sites is 1. The number of amides is 1. The zero-order chi connectivity index (χ0) is 17.8. The predicted octanol–water partition coefficient (Wildman–Crippen LogP) is 4.48. The van der Waals surface area contributed by atoms with E-state index in [2.05, 4.69) is 9.97 Å². The van der Waals surface area contributed by atoms with Gasteiger partial charge in [0, 0.05) is 18.5 Å². The number of thioether (sulfide) groups is 1. The number of aromatic nitrogens is 2. The first-order valence-electron chi connectivity index (χ1n) is 9.03. The Balaban J connectivity index is 1.69. The molecule has 0 spiro atoms. The van der Waals surface area contributed by atoms with E-state index in [4.69, 9.17) is 0 Å². The average molecular weight is 363 g/mol. The van der Waals surface area contributed by atoms with Gasteiger partial charge >= 0.3 is 0 Å². The van der Waals surface area contributed by atoms with Gasteiger partial charge in [-0.3, -0.25) is 4.79 Å². The molecule has 2 aromatic carbocycles. The molecule has 0 unspecified atom stereocenters. The molecule has 1 aliphatic heterocycles. The quantitative estimate of drug-likeness (QED) is 0.507. The van der Waals surface area contributed by atoms with Crippen LogP contribution >= 0.6 is 11.8 Å². The number of rotatable bonds is 4. The number of fused-ring (bicyclic) bond motifs is 1. The normalized spacial score (nSPS) is 15.8. The van der Waals surface area contributed by atoms with Gasteiger partial charge < -0.3 is 4.90 Å². The van der Waals surface area contributed by atoms with Crippen molar-refractivity contribution < 1.29 is 4.79 Å². The molecule has 132 valence electrons. The number of piperidine rings is 1. The highest BCUT2D eigenvalue weighted by Gasteiger charge is 2.28. The zero-order valence-electron chi connectivity index (χ0n) is 14.5. The van der Waals surface area contributed by atoms with Crippen molar-refractivity contribution in [2.24, 2.45) is 0 Å². The molecule has 1 atom stereocenters. The fourth-order valence-electron chi connectivity index (χ4n) is 3.35. The highest BCUT2D eigenvalue weighted by molar-refractivity contribution is 8.00. The third kappa shape index (κ3) is 3.58. The van der Waals surface area contributed by atoms with Gasteiger partial charge in [0.05, 0.1) is 5.52 Å². The van der Waals surface area contributed by atoms with Gasteiger partial charge in [0.25, 0.3) is 0 Å². The van der Waals surface area contributed by atoms with E-state index < -0.39 is 0 Å². The van der Waals surface area contributed by atoms with Gasteiger partial charge in [-0.2, -0.15) is 0 Å². The molecule has 0 aliphatic carbocycles. The summed E-state index contributed by atoms with van der Waals surface area (Å²) in [6.07, 6.45) is 4.98. The maximum absolute atomic E-state index is 13.3. The van der Waals surface area contributed by atoms with Crippen LogP contribution in [0.5, 0.6) is 0 Å². The lowest BCUT2D eigenvalue weighted by Crippen LogP contribution is -2.38. The molecule has 1 saturated heterocycles. The second-order valence-electron chi connectivity index (χ2n) is 6.49. The molecule has 1 fully saturated rings. The van der Waals surface area contributed by atoms with Gasteiger partial charge in [0.1, 0.15) is 16.6 Å². The molecule has 0 N–H and O–H groups in total. The molecular weight excluding hydrogens is 342 g/mol. The average Bonchev–Trinajstić information content (AvgIpc) is 2.73. The largest absolute Gasteiger partial charge is 0.341 e. The molecule has 26 heavy (non-hydrogen) atoms. The minimum absolute atomic E-state index is 0.184. The molecule has 1 aliphatic rings. The van der Waals surface area contributed by atoms with Crippen molar-refractivity contribution in [2.75, 3.05) is 13.1 Å². The number of carbonyl (C=O) groups excluding carboxylic acids is 1. The first kappa shape index (κ1) is 17.0. The summed E-state index contributed by atoms with van der Waals surface area (Å²) < 4.78 is 0. The summed E-state index contributed by atoms with van der Waals surface area (Å²) in [5, 5.41) is 1.56. The van der Waals surface area contributed by atoms with Crippen LogP contribution in [0.3, 0.4) is 0 Å². The van der Waals surface area contributed by atoms with Gasteiger partial charge in [-0.25, -0.2) is 9.97 Å². The molecule has 5 heteroatoms. The van der Waals surface area contributed by atoms with E-state index in [1.54, 1.807) is 6.33 Å². The summed E-state index contributed by atoms with van der Waals surface area (Å²) in [6, 6.07) is 18.0. The number of hydrogen-bond donors (Lipinski definition) is 0. The standard InChI is InChI=1S/C21H21N3OS/c25-21(24-13-7-2-8-14-24)19(16-9-3-1-4-10-16)26-20-17-11-5-6-12-18(17)22-15-23-20/h1,3-6,9-12,15,19H,2,7-8,13-14H2/t19-/m0/s1. The summed E-state index contributed by atoms with van der Waals surface area (Å²) in [5.41, 5.74) is 1.93. The predicted molar refractivity (Wildman–Crippen MR) is 105 cm³/mol. The molecule has 4 rings (SSSR count). The van der Waals surface area contributed by atoms with Crippen LogP contribution in [-0.4, -0.2) is 33.9 Å². The lowest BCUT2D eigenvalue weighted by atomic mass is 10.1. The zero-order valence-corrected chi connectivity index (χ0v) is 15.4. The Morgan fingerprint density at radius 3 is 2.46 bits per heavy atom. The Morgan fingerprint density at radius 1 is 0.923 bits per heavy atom. The molecule has 0 saturated carbocycles. The third-order valence-corrected chi connectivity index (χ3v) is 5.99. The highest BCUT2D eigenvalue weighted by atomic mass is 32.2. The van der Waals surface area contributed by atoms with Crippen molar-refractivity contribution in [3.63, 3.8) is 0 Å². The van der Waals surface area contributed by atoms with E-state index in [-0.39, 0.29) is 11.2 Å². The van der Waals surface area contributed by atoms with E-state index >= 15 is 0 Å². The summed E-state index contributed by atoms with van der Waals surface area (Å²) in [4.78, 5) is 24.1. The number of carbonyl (C=O) groups is 1. The van der Waals surface area contributed by atoms with Crippen LogP contribution in [0, 0.1) is 0 Å². The van der Waals surface area contributed by atoms with Gasteiger partial charge in [0.15, 0.2) is 0 Å². The Morgan fingerprint density at radius 2 is 1.65 bits per heavy atom. The van der Waals surface area contributed by atoms with Crippen LogP contribution in [-0.2, 0) is 4.79 Å². The molecule has 0 bridgehead atoms. The Hall–Kier alpha value is -2.40. The SMILES string of the molecule is O=C([C@@H](Sc1ncnc2ccccc12)c1ccccc1)N1CCCCC1. The maximum Gasteiger partial charge on any atom is 0.240 e. The van der Waals surface area contributed by atoms with Crippen LogP contribution in [0.2, 0.25) is 0 Å². The Kier molecular flexibility index (Phi) is 5.16. The van der Waals surface area contributed by atoms with E-state index in [9.17, 15) is 4.79 Å². The summed E-state index contributed by atoms with van der Waals surface area (Å²) in [6.45, 7) is 1.71. The second-order valence-corrected chi connectivity index (χ2v) is 7.58. The first-order chi connectivity index (χ1) is 12.8. The Labute approximate surface area is 157 Å². The van der Waals surface area contributed by atoms with Crippen LogP contribution < -0.4 is 0 Å². The van der Waals surface area contributed by atoms with Gasteiger partial charge in [-0.15, -0.1) is 0 Å². The monoisotopic (exact) mass is 363 g/mol. The number of benzene rings is 2. The number of hydrogen-bond acceptors (Lipinski definition) is 4. The van der Waals surface area contributed by atoms with Gasteiger partial charge in [-0.05, 0) is 30.9 Å². The molecule has 3 aromatic rings. The lowest BCUT2D eigenvalue weighted by Gasteiger charge is -2.30. The molecule has 0 radical (unpaired) electrons. The van der Waals surface area contributed by atoms with Crippen molar-refractivity contribution in [1.29, 1.82) is 0 Å². The van der Waals surface area contributed by atoms with E-state index in [0.29, 0.717) is 0 Å². The van der Waals surface area contributed by atoms with Crippen LogP contribution in [0.25, 0.3) is 10.9 Å². The summed E-state index contributed by atoms with van der Waals surface area (Å²) in [7, 11) is 0. The number of nitrogens with zero attached hydrogens (tertiary/aromatic N) is 3. The third-order valence-electron chi connectivity index (χ3n) is 4.73. The lowest BCUT2D eigenvalue weighted by molar-refractivity contribution is -0.131. The smallest absolute Gasteiger partial charge is 0.240 e. The Bertz CT molecular complexity index is 889. The first-order valence-corrected chi connectivity index (χ1v) is 9.91. The van der Waals surface area contributed by atoms with Crippen molar-refractivity contribution in [2.45, 2.75) is 29.5 Å². The van der Waals surface area contributed by atoms with Crippen molar-refractivity contribution in [1.82, 2.24) is 14.9 Å². The molecular formula is C21H21N3OS. The molecule has 2 heterocycles.